The first kappa shape index (κ1) is 14.7. The number of hydrogen-bond acceptors (Lipinski definition) is 7. The van der Waals surface area contributed by atoms with Gasteiger partial charge in [0, 0.05) is 11.6 Å². The monoisotopic (exact) mass is 305 g/mol. The molecule has 0 atom stereocenters. The summed E-state index contributed by atoms with van der Waals surface area (Å²) in [5.74, 6) is 0.484. The van der Waals surface area contributed by atoms with Crippen molar-refractivity contribution < 1.29 is 14.9 Å². The first-order chi connectivity index (χ1) is 10.6. The second kappa shape index (κ2) is 5.54. The molecule has 1 aliphatic carbocycles. The Morgan fingerprint density at radius 3 is 2.82 bits per heavy atom. The molecule has 0 amide bonds. The molecule has 8 heteroatoms. The van der Waals surface area contributed by atoms with Crippen LogP contribution in [0.4, 0.5) is 5.95 Å². The quantitative estimate of drug-likeness (QED) is 0.707. The predicted molar refractivity (Wildman–Crippen MR) is 81.0 cm³/mol. The van der Waals surface area contributed by atoms with Crippen molar-refractivity contribution in [3.05, 3.63) is 11.9 Å². The smallest absolute Gasteiger partial charge is 0.247 e. The van der Waals surface area contributed by atoms with Gasteiger partial charge in [-0.3, -0.25) is 4.57 Å². The normalized spacial score (nSPS) is 18.0. The topological polar surface area (TPSA) is 119 Å². The maximum Gasteiger partial charge on any atom is 0.247 e. The number of nitrogen functional groups attached to an aromatic ring is 1. The van der Waals surface area contributed by atoms with E-state index in [0.717, 1.165) is 12.0 Å². The highest BCUT2D eigenvalue weighted by molar-refractivity contribution is 5.79. The van der Waals surface area contributed by atoms with E-state index >= 15 is 0 Å². The van der Waals surface area contributed by atoms with Crippen molar-refractivity contribution in [2.24, 2.45) is 5.41 Å². The highest BCUT2D eigenvalue weighted by atomic mass is 16.5. The van der Waals surface area contributed by atoms with E-state index in [-0.39, 0.29) is 19.2 Å². The fraction of sp³-hybridized carbons (Fsp3) is 0.500. The van der Waals surface area contributed by atoms with Crippen LogP contribution in [0.2, 0.25) is 0 Å². The number of ether oxygens (including phenoxy) is 1. The zero-order valence-corrected chi connectivity index (χ0v) is 12.4. The van der Waals surface area contributed by atoms with Crippen LogP contribution in [0.1, 0.15) is 19.8 Å². The zero-order valence-electron chi connectivity index (χ0n) is 12.4. The average Bonchev–Trinajstić information content (AvgIpc) is 3.09. The number of anilines is 1. The summed E-state index contributed by atoms with van der Waals surface area (Å²) < 4.78 is 7.28. The molecular weight excluding hydrogens is 286 g/mol. The second-order valence-corrected chi connectivity index (χ2v) is 5.49. The van der Waals surface area contributed by atoms with Gasteiger partial charge in [-0.05, 0) is 18.4 Å². The molecule has 1 fully saturated rings. The molecule has 0 spiro atoms. The van der Waals surface area contributed by atoms with E-state index < -0.39 is 5.41 Å². The minimum Gasteiger partial charge on any atom is -0.476 e. The van der Waals surface area contributed by atoms with E-state index in [4.69, 9.17) is 10.5 Å². The Morgan fingerprint density at radius 1 is 1.41 bits per heavy atom. The molecule has 8 nitrogen and oxygen atoms in total. The molecule has 0 aromatic carbocycles. The van der Waals surface area contributed by atoms with E-state index in [0.29, 0.717) is 30.1 Å². The summed E-state index contributed by atoms with van der Waals surface area (Å²) in [6.45, 7) is 2.37. The van der Waals surface area contributed by atoms with Crippen LogP contribution in [0.25, 0.3) is 17.4 Å². The first-order valence-electron chi connectivity index (χ1n) is 7.19. The van der Waals surface area contributed by atoms with Crippen LogP contribution in [-0.2, 0) is 0 Å². The molecule has 22 heavy (non-hydrogen) atoms. The van der Waals surface area contributed by atoms with Crippen molar-refractivity contribution in [3.8, 4) is 5.88 Å². The van der Waals surface area contributed by atoms with Crippen molar-refractivity contribution in [3.63, 3.8) is 0 Å². The summed E-state index contributed by atoms with van der Waals surface area (Å²) in [6, 6.07) is 0. The Balaban J connectivity index is 1.99. The average molecular weight is 305 g/mol. The first-order valence-corrected chi connectivity index (χ1v) is 7.19. The van der Waals surface area contributed by atoms with Gasteiger partial charge in [-0.2, -0.15) is 9.97 Å². The summed E-state index contributed by atoms with van der Waals surface area (Å²) in [5, 5.41) is 18.7. The van der Waals surface area contributed by atoms with Gasteiger partial charge in [-0.15, -0.1) is 0 Å². The maximum absolute atomic E-state index is 9.36. The molecule has 0 aliphatic heterocycles. The predicted octanol–water partition coefficient (Wildman–Crippen LogP) is 0.413. The minimum atomic E-state index is -0.517. The molecule has 0 bridgehead atoms. The Bertz CT molecular complexity index is 721. The third-order valence-corrected chi connectivity index (χ3v) is 3.83. The van der Waals surface area contributed by atoms with Crippen LogP contribution in [0.15, 0.2) is 11.9 Å². The highest BCUT2D eigenvalue weighted by Gasteiger charge is 2.48. The highest BCUT2D eigenvalue weighted by Crippen LogP contribution is 2.51. The third kappa shape index (κ3) is 2.40. The molecule has 0 saturated heterocycles. The van der Waals surface area contributed by atoms with Crippen LogP contribution < -0.4 is 10.5 Å². The lowest BCUT2D eigenvalue weighted by molar-refractivity contribution is 0.143. The van der Waals surface area contributed by atoms with Gasteiger partial charge in [0.15, 0.2) is 11.2 Å². The lowest BCUT2D eigenvalue weighted by Crippen LogP contribution is -2.12. The lowest BCUT2D eigenvalue weighted by atomic mass is 10.1. The number of rotatable bonds is 6. The number of aromatic nitrogens is 4. The third-order valence-electron chi connectivity index (χ3n) is 3.83. The number of aliphatic hydroxyl groups excluding tert-OH is 2. The van der Waals surface area contributed by atoms with Gasteiger partial charge in [0.2, 0.25) is 11.8 Å². The van der Waals surface area contributed by atoms with Gasteiger partial charge in [0.25, 0.3) is 0 Å². The van der Waals surface area contributed by atoms with Crippen LogP contribution in [-0.4, -0.2) is 49.6 Å². The molecule has 0 unspecified atom stereocenters. The molecule has 1 saturated carbocycles. The minimum absolute atomic E-state index is 0.0794. The van der Waals surface area contributed by atoms with Crippen molar-refractivity contribution in [2.45, 2.75) is 19.8 Å². The van der Waals surface area contributed by atoms with E-state index in [2.05, 4.69) is 15.0 Å². The van der Waals surface area contributed by atoms with Gasteiger partial charge in [0.1, 0.15) is 6.33 Å². The molecule has 1 aliphatic rings. The van der Waals surface area contributed by atoms with Gasteiger partial charge in [-0.1, -0.05) is 6.92 Å². The molecule has 2 heterocycles. The van der Waals surface area contributed by atoms with Crippen molar-refractivity contribution in [2.75, 3.05) is 25.6 Å². The Hall–Kier alpha value is -2.19. The fourth-order valence-corrected chi connectivity index (χ4v) is 2.34. The molecule has 2 aromatic heterocycles. The molecule has 2 aromatic rings. The summed E-state index contributed by atoms with van der Waals surface area (Å²) in [5.41, 5.74) is 7.25. The molecular formula is C14H19N5O3. The summed E-state index contributed by atoms with van der Waals surface area (Å²) >= 11 is 0. The number of nitrogens with zero attached hydrogens (tertiary/aromatic N) is 4. The Labute approximate surface area is 127 Å². The van der Waals surface area contributed by atoms with Crippen LogP contribution in [0.3, 0.4) is 0 Å². The van der Waals surface area contributed by atoms with Gasteiger partial charge >= 0.3 is 0 Å². The SMILES string of the molecule is CCCOc1nc(N)nc2c1ncn2C=C1CC1(CO)CO. The largest absolute Gasteiger partial charge is 0.476 e. The summed E-state index contributed by atoms with van der Waals surface area (Å²) in [6.07, 6.45) is 4.92. The van der Waals surface area contributed by atoms with Gasteiger partial charge < -0.3 is 20.7 Å². The molecule has 0 radical (unpaired) electrons. The zero-order chi connectivity index (χ0) is 15.7. The van der Waals surface area contributed by atoms with Gasteiger partial charge in [-0.25, -0.2) is 4.98 Å². The summed E-state index contributed by atoms with van der Waals surface area (Å²) in [7, 11) is 0. The van der Waals surface area contributed by atoms with Crippen molar-refractivity contribution in [1.29, 1.82) is 0 Å². The molecule has 118 valence electrons. The van der Waals surface area contributed by atoms with Crippen molar-refractivity contribution >= 4 is 23.3 Å². The fourth-order valence-electron chi connectivity index (χ4n) is 2.34. The number of aliphatic hydroxyl groups is 2. The molecule has 4 N–H and O–H groups in total. The number of nitrogens with two attached hydrogens (primary N) is 1. The Morgan fingerprint density at radius 2 is 2.18 bits per heavy atom. The van der Waals surface area contributed by atoms with E-state index in [1.54, 1.807) is 10.9 Å². The number of imidazole rings is 1. The lowest BCUT2D eigenvalue weighted by Gasteiger charge is -2.06. The second-order valence-electron chi connectivity index (χ2n) is 5.49. The Kier molecular flexibility index (Phi) is 3.71. The number of fused-ring (bicyclic) bond motifs is 1. The standard InChI is InChI=1S/C14H19N5O3/c1-2-3-22-12-10-11(17-13(15)18-12)19(8-16-10)5-9-4-14(9,6-20)7-21/h5,8,20-21H,2-4,6-7H2,1H3,(H2,15,17,18). The number of hydrogen-bond donors (Lipinski definition) is 3. The van der Waals surface area contributed by atoms with E-state index in [1.807, 2.05) is 13.1 Å². The van der Waals surface area contributed by atoms with E-state index in [1.165, 1.54) is 0 Å². The summed E-state index contributed by atoms with van der Waals surface area (Å²) in [4.78, 5) is 12.6. The van der Waals surface area contributed by atoms with Gasteiger partial charge in [0.05, 0.1) is 19.8 Å². The molecule has 3 rings (SSSR count). The van der Waals surface area contributed by atoms with E-state index in [9.17, 15) is 10.2 Å². The van der Waals surface area contributed by atoms with Crippen LogP contribution >= 0.6 is 0 Å². The van der Waals surface area contributed by atoms with Crippen LogP contribution in [0.5, 0.6) is 5.88 Å². The van der Waals surface area contributed by atoms with Crippen molar-refractivity contribution in [1.82, 2.24) is 19.5 Å². The van der Waals surface area contributed by atoms with Crippen LogP contribution in [0, 0.1) is 5.41 Å². The maximum atomic E-state index is 9.36.